The summed E-state index contributed by atoms with van der Waals surface area (Å²) in [5, 5.41) is 1.31. The highest BCUT2D eigenvalue weighted by atomic mass is 35.5. The second-order valence-electron chi connectivity index (χ2n) is 7.30. The van der Waals surface area contributed by atoms with Gasteiger partial charge < -0.3 is 4.90 Å². The Hall–Kier alpha value is -1.54. The van der Waals surface area contributed by atoms with E-state index < -0.39 is 15.8 Å². The van der Waals surface area contributed by atoms with E-state index in [1.54, 1.807) is 24.3 Å². The highest BCUT2D eigenvalue weighted by Gasteiger charge is 2.36. The van der Waals surface area contributed by atoms with Crippen LogP contribution in [-0.2, 0) is 10.0 Å². The lowest BCUT2D eigenvalue weighted by atomic mass is 10.0. The molecule has 1 aliphatic heterocycles. The van der Waals surface area contributed by atoms with Crippen LogP contribution in [0.25, 0.3) is 0 Å². The van der Waals surface area contributed by atoms with Gasteiger partial charge in [0, 0.05) is 29.7 Å². The molecule has 0 aromatic heterocycles. The van der Waals surface area contributed by atoms with E-state index in [1.165, 1.54) is 10.4 Å². The van der Waals surface area contributed by atoms with Crippen LogP contribution in [0.2, 0.25) is 20.1 Å². The quantitative estimate of drug-likeness (QED) is 0.375. The average Bonchev–Trinajstić information content (AvgIpc) is 2.76. The predicted octanol–water partition coefficient (Wildman–Crippen LogP) is 6.69. The Morgan fingerprint density at radius 3 is 2.16 bits per heavy atom. The van der Waals surface area contributed by atoms with Gasteiger partial charge in [0.05, 0.1) is 26.7 Å². The summed E-state index contributed by atoms with van der Waals surface area (Å²) in [7, 11) is -3.90. The van der Waals surface area contributed by atoms with E-state index in [-0.39, 0.29) is 29.0 Å². The molecular weight excluding hydrogens is 517 g/mol. The smallest absolute Gasteiger partial charge is 0.243 e. The maximum absolute atomic E-state index is 13.6. The van der Waals surface area contributed by atoms with Gasteiger partial charge in [-0.1, -0.05) is 58.5 Å². The number of halogens is 5. The highest BCUT2D eigenvalue weighted by Crippen LogP contribution is 2.38. The number of benzene rings is 3. The number of hydrogen-bond acceptors (Lipinski definition) is 3. The van der Waals surface area contributed by atoms with Crippen molar-refractivity contribution in [3.8, 4) is 0 Å². The number of anilines is 1. The Balaban J connectivity index is 1.72. The summed E-state index contributed by atoms with van der Waals surface area (Å²) in [6.07, 6.45) is 0. The first kappa shape index (κ1) is 23.6. The molecule has 3 aromatic carbocycles. The van der Waals surface area contributed by atoms with Crippen LogP contribution >= 0.6 is 46.4 Å². The molecule has 3 aromatic rings. The Bertz CT molecular complexity index is 1260. The zero-order chi connectivity index (χ0) is 23.0. The molecular formula is C22H17Cl4FN2O2S. The van der Waals surface area contributed by atoms with Crippen LogP contribution in [0.3, 0.4) is 0 Å². The monoisotopic (exact) mass is 532 g/mol. The lowest BCUT2D eigenvalue weighted by molar-refractivity contribution is 0.335. The molecule has 32 heavy (non-hydrogen) atoms. The van der Waals surface area contributed by atoms with Crippen molar-refractivity contribution in [2.75, 3.05) is 24.5 Å². The fraction of sp³-hybridized carbons (Fsp3) is 0.182. The van der Waals surface area contributed by atoms with Gasteiger partial charge in [-0.2, -0.15) is 4.31 Å². The van der Waals surface area contributed by atoms with Crippen molar-refractivity contribution in [1.29, 1.82) is 0 Å². The van der Waals surface area contributed by atoms with Crippen LogP contribution in [0.4, 0.5) is 10.1 Å². The molecule has 1 saturated heterocycles. The molecule has 4 nitrogen and oxygen atoms in total. The Kier molecular flexibility index (Phi) is 6.92. The van der Waals surface area contributed by atoms with E-state index >= 15 is 0 Å². The Morgan fingerprint density at radius 1 is 0.812 bits per heavy atom. The van der Waals surface area contributed by atoms with Gasteiger partial charge in [0.15, 0.2) is 0 Å². The van der Waals surface area contributed by atoms with Crippen LogP contribution in [0.5, 0.6) is 0 Å². The molecule has 4 rings (SSSR count). The van der Waals surface area contributed by atoms with Crippen molar-refractivity contribution in [3.63, 3.8) is 0 Å². The van der Waals surface area contributed by atoms with E-state index in [4.69, 9.17) is 46.4 Å². The van der Waals surface area contributed by atoms with Crippen molar-refractivity contribution in [2.45, 2.75) is 10.9 Å². The first-order valence-electron chi connectivity index (χ1n) is 9.59. The Labute approximate surface area is 206 Å². The van der Waals surface area contributed by atoms with Crippen molar-refractivity contribution in [1.82, 2.24) is 4.31 Å². The zero-order valence-electron chi connectivity index (χ0n) is 16.5. The molecule has 1 fully saturated rings. The SMILES string of the molecule is O=S(=O)(c1ccc(F)c(Cl)c1)N1CCN(c2ccc(Cl)cc2Cl)C(c2ccc(Cl)cc2)C1. The number of rotatable bonds is 4. The number of hydrogen-bond donors (Lipinski definition) is 0. The minimum absolute atomic E-state index is 0.0586. The molecule has 0 bridgehead atoms. The molecule has 10 heteroatoms. The van der Waals surface area contributed by atoms with Crippen LogP contribution in [-0.4, -0.2) is 32.4 Å². The van der Waals surface area contributed by atoms with E-state index in [0.29, 0.717) is 21.6 Å². The van der Waals surface area contributed by atoms with E-state index in [9.17, 15) is 12.8 Å². The van der Waals surface area contributed by atoms with E-state index in [2.05, 4.69) is 0 Å². The second kappa shape index (κ2) is 9.37. The summed E-state index contributed by atoms with van der Waals surface area (Å²) in [5.41, 5.74) is 1.62. The number of sulfonamides is 1. The summed E-state index contributed by atoms with van der Waals surface area (Å²) in [6.45, 7) is 0.737. The minimum Gasteiger partial charge on any atom is -0.361 e. The largest absolute Gasteiger partial charge is 0.361 e. The molecule has 0 spiro atoms. The fourth-order valence-electron chi connectivity index (χ4n) is 3.74. The predicted molar refractivity (Wildman–Crippen MR) is 128 cm³/mol. The average molecular weight is 534 g/mol. The lowest BCUT2D eigenvalue weighted by Gasteiger charge is -2.42. The maximum atomic E-state index is 13.6. The third kappa shape index (κ3) is 4.72. The molecule has 1 aliphatic rings. The van der Waals surface area contributed by atoms with Gasteiger partial charge in [-0.05, 0) is 54.1 Å². The first-order valence-corrected chi connectivity index (χ1v) is 12.5. The van der Waals surface area contributed by atoms with Gasteiger partial charge in [0.25, 0.3) is 0 Å². The summed E-state index contributed by atoms with van der Waals surface area (Å²) >= 11 is 24.4. The molecule has 1 heterocycles. The van der Waals surface area contributed by atoms with Crippen LogP contribution < -0.4 is 4.90 Å². The van der Waals surface area contributed by atoms with Crippen molar-refractivity contribution in [2.24, 2.45) is 0 Å². The maximum Gasteiger partial charge on any atom is 0.243 e. The lowest BCUT2D eigenvalue weighted by Crippen LogP contribution is -2.50. The number of nitrogens with zero attached hydrogens (tertiary/aromatic N) is 2. The number of piperazine rings is 1. The van der Waals surface area contributed by atoms with Gasteiger partial charge in [-0.3, -0.25) is 0 Å². The van der Waals surface area contributed by atoms with Gasteiger partial charge in [0.1, 0.15) is 5.82 Å². The van der Waals surface area contributed by atoms with Crippen molar-refractivity contribution in [3.05, 3.63) is 92.1 Å². The van der Waals surface area contributed by atoms with E-state index in [1.807, 2.05) is 23.1 Å². The van der Waals surface area contributed by atoms with Crippen molar-refractivity contribution >= 4 is 62.1 Å². The van der Waals surface area contributed by atoms with Gasteiger partial charge in [-0.25, -0.2) is 12.8 Å². The van der Waals surface area contributed by atoms with Crippen LogP contribution in [0.1, 0.15) is 11.6 Å². The van der Waals surface area contributed by atoms with Crippen molar-refractivity contribution < 1.29 is 12.8 Å². The summed E-state index contributed by atoms with van der Waals surface area (Å²) < 4.78 is 41.5. The third-order valence-corrected chi connectivity index (χ3v) is 8.29. The normalized spacial score (nSPS) is 17.5. The summed E-state index contributed by atoms with van der Waals surface area (Å²) in [5.74, 6) is -0.674. The minimum atomic E-state index is -3.90. The summed E-state index contributed by atoms with van der Waals surface area (Å²) in [6, 6.07) is 15.5. The molecule has 0 aliphatic carbocycles. The first-order chi connectivity index (χ1) is 15.2. The third-order valence-electron chi connectivity index (χ3n) is 5.35. The van der Waals surface area contributed by atoms with Crippen LogP contribution in [0, 0.1) is 5.82 Å². The van der Waals surface area contributed by atoms with Gasteiger partial charge >= 0.3 is 0 Å². The second-order valence-corrected chi connectivity index (χ2v) is 10.9. The molecule has 168 valence electrons. The standard InChI is InChI=1S/C22H17Cl4FN2O2S/c23-15-3-1-14(2-4-15)22-13-28(32(30,31)17-6-7-20(27)18(25)12-17)9-10-29(22)21-8-5-16(24)11-19(21)26/h1-8,11-12,22H,9-10,13H2. The van der Waals surface area contributed by atoms with E-state index in [0.717, 1.165) is 23.4 Å². The molecule has 0 radical (unpaired) electrons. The van der Waals surface area contributed by atoms with Gasteiger partial charge in [-0.15, -0.1) is 0 Å². The van der Waals surface area contributed by atoms with Gasteiger partial charge in [0.2, 0.25) is 10.0 Å². The van der Waals surface area contributed by atoms with Crippen LogP contribution in [0.15, 0.2) is 65.6 Å². The molecule has 1 unspecified atom stereocenters. The topological polar surface area (TPSA) is 40.6 Å². The highest BCUT2D eigenvalue weighted by molar-refractivity contribution is 7.89. The molecule has 0 N–H and O–H groups in total. The Morgan fingerprint density at radius 2 is 1.50 bits per heavy atom. The summed E-state index contributed by atoms with van der Waals surface area (Å²) in [4.78, 5) is 1.99. The molecule has 0 saturated carbocycles. The molecule has 1 atom stereocenters. The molecule has 0 amide bonds. The fourth-order valence-corrected chi connectivity index (χ4v) is 6.09. The zero-order valence-corrected chi connectivity index (χ0v) is 20.3.